The van der Waals surface area contributed by atoms with E-state index in [-0.39, 0.29) is 11.9 Å². The molecule has 0 bridgehead atoms. The van der Waals surface area contributed by atoms with Crippen LogP contribution in [0.5, 0.6) is 5.75 Å². The fourth-order valence-electron chi connectivity index (χ4n) is 3.06. The number of aryl methyl sites for hydroxylation is 1. The molecule has 2 aromatic rings. The summed E-state index contributed by atoms with van der Waals surface area (Å²) in [6.45, 7) is 4.04. The Kier molecular flexibility index (Phi) is 3.96. The van der Waals surface area contributed by atoms with Gasteiger partial charge >= 0.3 is 0 Å². The van der Waals surface area contributed by atoms with Crippen molar-refractivity contribution in [2.75, 3.05) is 12.0 Å². The number of anilines is 1. The molecule has 0 unspecified atom stereocenters. The Balaban J connectivity index is 1.98. The van der Waals surface area contributed by atoms with Gasteiger partial charge in [0.15, 0.2) is 0 Å². The molecular weight excluding hydrogens is 342 g/mol. The second kappa shape index (κ2) is 5.76. The van der Waals surface area contributed by atoms with E-state index < -0.39 is 0 Å². The van der Waals surface area contributed by atoms with E-state index in [1.54, 1.807) is 7.11 Å². The van der Waals surface area contributed by atoms with Crippen LogP contribution >= 0.6 is 15.9 Å². The maximum Gasteiger partial charge on any atom is 0.258 e. The molecule has 22 heavy (non-hydrogen) atoms. The summed E-state index contributed by atoms with van der Waals surface area (Å²) in [6.07, 6.45) is 0.885. The maximum absolute atomic E-state index is 12.9. The molecule has 1 amide bonds. The minimum atomic E-state index is 0.0410. The summed E-state index contributed by atoms with van der Waals surface area (Å²) in [5.74, 6) is 0.842. The van der Waals surface area contributed by atoms with Crippen molar-refractivity contribution in [3.63, 3.8) is 0 Å². The predicted octanol–water partition coefficient (Wildman–Crippen LogP) is 4.36. The number of hydrogen-bond donors (Lipinski definition) is 0. The van der Waals surface area contributed by atoms with Crippen LogP contribution in [0, 0.1) is 6.92 Å². The van der Waals surface area contributed by atoms with Crippen LogP contribution in [0.4, 0.5) is 5.69 Å². The van der Waals surface area contributed by atoms with Gasteiger partial charge in [-0.2, -0.15) is 0 Å². The number of ether oxygens (including phenoxy) is 1. The molecule has 0 aromatic heterocycles. The summed E-state index contributed by atoms with van der Waals surface area (Å²) in [7, 11) is 1.64. The lowest BCUT2D eigenvalue weighted by molar-refractivity contribution is 0.0981. The van der Waals surface area contributed by atoms with E-state index in [1.165, 1.54) is 5.56 Å². The van der Waals surface area contributed by atoms with Crippen molar-refractivity contribution in [3.8, 4) is 5.75 Å². The highest BCUT2D eigenvalue weighted by Crippen LogP contribution is 2.35. The van der Waals surface area contributed by atoms with Crippen molar-refractivity contribution in [1.29, 1.82) is 0 Å². The first-order valence-electron chi connectivity index (χ1n) is 7.28. The summed E-state index contributed by atoms with van der Waals surface area (Å²) in [5, 5.41) is 0. The molecule has 1 atom stereocenters. The maximum atomic E-state index is 12.9. The van der Waals surface area contributed by atoms with Crippen molar-refractivity contribution in [2.24, 2.45) is 0 Å². The van der Waals surface area contributed by atoms with Crippen molar-refractivity contribution >= 4 is 27.5 Å². The molecule has 0 saturated carbocycles. The van der Waals surface area contributed by atoms with Crippen LogP contribution in [-0.4, -0.2) is 19.1 Å². The topological polar surface area (TPSA) is 29.5 Å². The summed E-state index contributed by atoms with van der Waals surface area (Å²) >= 11 is 3.49. The molecule has 1 aliphatic heterocycles. The Hall–Kier alpha value is -1.81. The first-order chi connectivity index (χ1) is 10.5. The van der Waals surface area contributed by atoms with Crippen LogP contribution in [-0.2, 0) is 6.42 Å². The second-order valence-corrected chi connectivity index (χ2v) is 6.60. The molecule has 0 spiro atoms. The number of rotatable bonds is 2. The highest BCUT2D eigenvalue weighted by Gasteiger charge is 2.31. The third-order valence-corrected chi connectivity index (χ3v) is 4.61. The fraction of sp³-hybridized carbons (Fsp3) is 0.278. The number of benzene rings is 2. The minimum absolute atomic E-state index is 0.0410. The molecular formula is C18H18BrNO2. The largest absolute Gasteiger partial charge is 0.496 e. The molecule has 1 aliphatic rings. The van der Waals surface area contributed by atoms with Crippen LogP contribution in [0.3, 0.4) is 0 Å². The zero-order valence-corrected chi connectivity index (χ0v) is 14.5. The standard InChI is InChI=1S/C18H18BrNO2/c1-11-8-13(4-7-17(11)22-3)18(21)20-12(2)9-14-10-15(19)5-6-16(14)20/h4-8,10,12H,9H2,1-3H3/t12-/m0/s1. The number of halogens is 1. The Morgan fingerprint density at radius 1 is 1.27 bits per heavy atom. The summed E-state index contributed by atoms with van der Waals surface area (Å²) in [4.78, 5) is 14.8. The van der Waals surface area contributed by atoms with Gasteiger partial charge in [0, 0.05) is 21.8 Å². The van der Waals surface area contributed by atoms with E-state index in [9.17, 15) is 4.79 Å². The van der Waals surface area contributed by atoms with Crippen LogP contribution in [0.15, 0.2) is 40.9 Å². The zero-order valence-electron chi connectivity index (χ0n) is 12.9. The van der Waals surface area contributed by atoms with Gasteiger partial charge in [-0.3, -0.25) is 4.79 Å². The second-order valence-electron chi connectivity index (χ2n) is 5.69. The number of amides is 1. The predicted molar refractivity (Wildman–Crippen MR) is 91.8 cm³/mol. The first-order valence-corrected chi connectivity index (χ1v) is 8.07. The van der Waals surface area contributed by atoms with E-state index in [0.717, 1.165) is 27.9 Å². The van der Waals surface area contributed by atoms with Crippen LogP contribution in [0.25, 0.3) is 0 Å². The zero-order chi connectivity index (χ0) is 15.9. The Morgan fingerprint density at radius 2 is 2.05 bits per heavy atom. The van der Waals surface area contributed by atoms with E-state index in [1.807, 2.05) is 42.2 Å². The van der Waals surface area contributed by atoms with Gasteiger partial charge in [0.1, 0.15) is 5.75 Å². The Morgan fingerprint density at radius 3 is 2.73 bits per heavy atom. The minimum Gasteiger partial charge on any atom is -0.496 e. The van der Waals surface area contributed by atoms with Gasteiger partial charge in [-0.25, -0.2) is 0 Å². The molecule has 3 rings (SSSR count). The van der Waals surface area contributed by atoms with Crippen LogP contribution < -0.4 is 9.64 Å². The molecule has 0 fully saturated rings. The van der Waals surface area contributed by atoms with Gasteiger partial charge in [-0.05, 0) is 67.8 Å². The van der Waals surface area contributed by atoms with Crippen molar-refractivity contribution in [3.05, 3.63) is 57.6 Å². The van der Waals surface area contributed by atoms with E-state index in [0.29, 0.717) is 5.56 Å². The SMILES string of the molecule is COc1ccc(C(=O)N2c3ccc(Br)cc3C[C@@H]2C)cc1C. The average Bonchev–Trinajstić information content (AvgIpc) is 2.81. The first kappa shape index (κ1) is 15.1. The van der Waals surface area contributed by atoms with Crippen molar-refractivity contribution in [1.82, 2.24) is 0 Å². The third-order valence-electron chi connectivity index (χ3n) is 4.12. The Labute approximate surface area is 139 Å². The number of carbonyl (C=O) groups excluding carboxylic acids is 1. The molecule has 0 radical (unpaired) electrons. The highest BCUT2D eigenvalue weighted by atomic mass is 79.9. The van der Waals surface area contributed by atoms with Gasteiger partial charge in [0.05, 0.1) is 7.11 Å². The quantitative estimate of drug-likeness (QED) is 0.797. The van der Waals surface area contributed by atoms with Gasteiger partial charge in [0.2, 0.25) is 0 Å². The van der Waals surface area contributed by atoms with Crippen LogP contribution in [0.1, 0.15) is 28.4 Å². The molecule has 0 aliphatic carbocycles. The molecule has 0 saturated heterocycles. The summed E-state index contributed by atoms with van der Waals surface area (Å²) < 4.78 is 6.31. The van der Waals surface area contributed by atoms with Crippen LogP contribution in [0.2, 0.25) is 0 Å². The lowest BCUT2D eigenvalue weighted by Crippen LogP contribution is -2.35. The third kappa shape index (κ3) is 2.52. The fourth-order valence-corrected chi connectivity index (χ4v) is 3.47. The monoisotopic (exact) mass is 359 g/mol. The van der Waals surface area contributed by atoms with Gasteiger partial charge in [0.25, 0.3) is 5.91 Å². The summed E-state index contributed by atoms with van der Waals surface area (Å²) in [6, 6.07) is 11.8. The van der Waals surface area contributed by atoms with E-state index in [4.69, 9.17) is 4.74 Å². The van der Waals surface area contributed by atoms with Gasteiger partial charge < -0.3 is 9.64 Å². The molecule has 4 heteroatoms. The van der Waals surface area contributed by atoms with Gasteiger partial charge in [-0.15, -0.1) is 0 Å². The van der Waals surface area contributed by atoms with E-state index >= 15 is 0 Å². The summed E-state index contributed by atoms with van der Waals surface area (Å²) in [5.41, 5.74) is 3.88. The molecule has 114 valence electrons. The van der Waals surface area contributed by atoms with Crippen molar-refractivity contribution < 1.29 is 9.53 Å². The highest BCUT2D eigenvalue weighted by molar-refractivity contribution is 9.10. The number of hydrogen-bond acceptors (Lipinski definition) is 2. The van der Waals surface area contributed by atoms with E-state index in [2.05, 4.69) is 28.9 Å². The molecule has 3 nitrogen and oxygen atoms in total. The van der Waals surface area contributed by atoms with Crippen molar-refractivity contribution in [2.45, 2.75) is 26.3 Å². The van der Waals surface area contributed by atoms with Gasteiger partial charge in [-0.1, -0.05) is 15.9 Å². The number of nitrogens with zero attached hydrogens (tertiary/aromatic N) is 1. The smallest absolute Gasteiger partial charge is 0.258 e. The lowest BCUT2D eigenvalue weighted by Gasteiger charge is -2.23. The molecule has 2 aromatic carbocycles. The number of fused-ring (bicyclic) bond motifs is 1. The molecule has 1 heterocycles. The average molecular weight is 360 g/mol. The normalized spacial score (nSPS) is 16.5. The Bertz CT molecular complexity index is 742. The number of carbonyl (C=O) groups is 1. The lowest BCUT2D eigenvalue weighted by atomic mass is 10.1. The number of methoxy groups -OCH3 is 1. The molecule has 0 N–H and O–H groups in total.